The summed E-state index contributed by atoms with van der Waals surface area (Å²) in [5, 5.41) is 3.32. The Bertz CT molecular complexity index is 452. The highest BCUT2D eigenvalue weighted by Crippen LogP contribution is 2.38. The van der Waals surface area contributed by atoms with Crippen LogP contribution in [0.3, 0.4) is 0 Å². The predicted octanol–water partition coefficient (Wildman–Crippen LogP) is 1.09. The van der Waals surface area contributed by atoms with Crippen LogP contribution >= 0.6 is 0 Å². The standard InChI is InChI=1S/C15H24N2O4/c1-17(2)5-7-19-13-9-15-14(20-11-21-15)8-12(13)10-16-4-6-18-3/h8-9,16H,4-7,10-11H2,1-3H3. The molecule has 0 radical (unpaired) electrons. The van der Waals surface area contributed by atoms with Crippen LogP contribution in [0.5, 0.6) is 17.2 Å². The summed E-state index contributed by atoms with van der Waals surface area (Å²) in [6, 6.07) is 3.89. The van der Waals surface area contributed by atoms with E-state index in [1.807, 2.05) is 26.2 Å². The van der Waals surface area contributed by atoms with E-state index >= 15 is 0 Å². The normalized spacial score (nSPS) is 13.0. The van der Waals surface area contributed by atoms with Gasteiger partial charge in [-0.05, 0) is 20.2 Å². The summed E-state index contributed by atoms with van der Waals surface area (Å²) in [6.07, 6.45) is 0. The lowest BCUT2D eigenvalue weighted by Crippen LogP contribution is -2.21. The first-order valence-corrected chi connectivity index (χ1v) is 7.10. The smallest absolute Gasteiger partial charge is 0.231 e. The molecule has 0 fully saturated rings. The second-order valence-corrected chi connectivity index (χ2v) is 5.13. The highest BCUT2D eigenvalue weighted by molar-refractivity contribution is 5.51. The van der Waals surface area contributed by atoms with E-state index in [4.69, 9.17) is 18.9 Å². The second-order valence-electron chi connectivity index (χ2n) is 5.13. The van der Waals surface area contributed by atoms with Gasteiger partial charge in [-0.1, -0.05) is 0 Å². The molecule has 2 rings (SSSR count). The first-order chi connectivity index (χ1) is 10.2. The second kappa shape index (κ2) is 8.07. The van der Waals surface area contributed by atoms with Crippen molar-refractivity contribution in [2.24, 2.45) is 0 Å². The molecule has 1 heterocycles. The van der Waals surface area contributed by atoms with Gasteiger partial charge in [-0.2, -0.15) is 0 Å². The fourth-order valence-electron chi connectivity index (χ4n) is 1.97. The SMILES string of the molecule is COCCNCc1cc2c(cc1OCCN(C)C)OCO2. The maximum absolute atomic E-state index is 5.88. The summed E-state index contributed by atoms with van der Waals surface area (Å²) >= 11 is 0. The van der Waals surface area contributed by atoms with E-state index in [2.05, 4.69) is 10.2 Å². The van der Waals surface area contributed by atoms with Gasteiger partial charge in [0.25, 0.3) is 0 Å². The van der Waals surface area contributed by atoms with Gasteiger partial charge in [0.2, 0.25) is 6.79 Å². The molecule has 6 nitrogen and oxygen atoms in total. The van der Waals surface area contributed by atoms with Crippen LogP contribution in [0.25, 0.3) is 0 Å². The third-order valence-electron chi connectivity index (χ3n) is 3.15. The average molecular weight is 296 g/mol. The number of nitrogens with one attached hydrogen (secondary N) is 1. The van der Waals surface area contributed by atoms with Crippen molar-refractivity contribution in [1.29, 1.82) is 0 Å². The molecule has 0 amide bonds. The maximum Gasteiger partial charge on any atom is 0.231 e. The zero-order chi connectivity index (χ0) is 15.1. The van der Waals surface area contributed by atoms with E-state index in [9.17, 15) is 0 Å². The first-order valence-electron chi connectivity index (χ1n) is 7.10. The fourth-order valence-corrected chi connectivity index (χ4v) is 1.97. The summed E-state index contributed by atoms with van der Waals surface area (Å²) in [6.45, 7) is 3.95. The molecule has 118 valence electrons. The van der Waals surface area contributed by atoms with Crippen molar-refractivity contribution in [2.75, 3.05) is 54.3 Å². The van der Waals surface area contributed by atoms with Crippen LogP contribution in [0, 0.1) is 0 Å². The highest BCUT2D eigenvalue weighted by Gasteiger charge is 2.18. The number of rotatable bonds is 9. The number of hydrogen-bond donors (Lipinski definition) is 1. The Kier molecular flexibility index (Phi) is 6.10. The topological polar surface area (TPSA) is 52.2 Å². The van der Waals surface area contributed by atoms with Gasteiger partial charge in [0, 0.05) is 38.4 Å². The quantitative estimate of drug-likeness (QED) is 0.689. The highest BCUT2D eigenvalue weighted by atomic mass is 16.7. The molecule has 1 aromatic carbocycles. The minimum atomic E-state index is 0.271. The van der Waals surface area contributed by atoms with Gasteiger partial charge in [-0.3, -0.25) is 0 Å². The summed E-state index contributed by atoms with van der Waals surface area (Å²) in [5.41, 5.74) is 1.06. The van der Waals surface area contributed by atoms with Crippen LogP contribution in [0.4, 0.5) is 0 Å². The number of hydrogen-bond acceptors (Lipinski definition) is 6. The number of likely N-dealkylation sites (N-methyl/N-ethyl adjacent to an activating group) is 1. The lowest BCUT2D eigenvalue weighted by Gasteiger charge is -2.15. The van der Waals surface area contributed by atoms with Gasteiger partial charge in [0.15, 0.2) is 11.5 Å². The molecule has 0 bridgehead atoms. The van der Waals surface area contributed by atoms with Gasteiger partial charge in [-0.25, -0.2) is 0 Å². The zero-order valence-electron chi connectivity index (χ0n) is 13.0. The van der Waals surface area contributed by atoms with Crippen LogP contribution in [0.2, 0.25) is 0 Å². The molecule has 6 heteroatoms. The van der Waals surface area contributed by atoms with Crippen molar-refractivity contribution in [3.05, 3.63) is 17.7 Å². The molecule has 0 saturated carbocycles. The third-order valence-corrected chi connectivity index (χ3v) is 3.15. The molecule has 0 aromatic heterocycles. The summed E-state index contributed by atoms with van der Waals surface area (Å²) in [7, 11) is 5.74. The van der Waals surface area contributed by atoms with E-state index < -0.39 is 0 Å². The summed E-state index contributed by atoms with van der Waals surface area (Å²) in [4.78, 5) is 2.09. The van der Waals surface area contributed by atoms with Crippen LogP contribution in [-0.2, 0) is 11.3 Å². The van der Waals surface area contributed by atoms with Gasteiger partial charge in [0.1, 0.15) is 12.4 Å². The van der Waals surface area contributed by atoms with Crippen molar-refractivity contribution in [2.45, 2.75) is 6.54 Å². The fraction of sp³-hybridized carbons (Fsp3) is 0.600. The molecule has 0 aliphatic carbocycles. The molecule has 0 saturated heterocycles. The Morgan fingerprint density at radius 1 is 1.19 bits per heavy atom. The Morgan fingerprint density at radius 3 is 2.67 bits per heavy atom. The zero-order valence-corrected chi connectivity index (χ0v) is 13.0. The van der Waals surface area contributed by atoms with Crippen molar-refractivity contribution in [3.8, 4) is 17.2 Å². The number of ether oxygens (including phenoxy) is 4. The van der Waals surface area contributed by atoms with Crippen molar-refractivity contribution in [1.82, 2.24) is 10.2 Å². The average Bonchev–Trinajstić information content (AvgIpc) is 2.90. The Balaban J connectivity index is 2.00. The molecule has 21 heavy (non-hydrogen) atoms. The predicted molar refractivity (Wildman–Crippen MR) is 80.2 cm³/mol. The van der Waals surface area contributed by atoms with Gasteiger partial charge in [0.05, 0.1) is 6.61 Å². The molecule has 0 unspecified atom stereocenters. The molecule has 1 aliphatic heterocycles. The molecule has 0 spiro atoms. The number of benzene rings is 1. The molecular formula is C15H24N2O4. The van der Waals surface area contributed by atoms with Gasteiger partial charge < -0.3 is 29.2 Å². The van der Waals surface area contributed by atoms with Gasteiger partial charge in [-0.15, -0.1) is 0 Å². The van der Waals surface area contributed by atoms with E-state index in [0.717, 1.165) is 35.9 Å². The van der Waals surface area contributed by atoms with Crippen molar-refractivity contribution < 1.29 is 18.9 Å². The monoisotopic (exact) mass is 296 g/mol. The van der Waals surface area contributed by atoms with E-state index in [1.54, 1.807) is 7.11 Å². The number of nitrogens with zero attached hydrogens (tertiary/aromatic N) is 1. The Morgan fingerprint density at radius 2 is 1.95 bits per heavy atom. The van der Waals surface area contributed by atoms with Crippen LogP contribution in [0.15, 0.2) is 12.1 Å². The van der Waals surface area contributed by atoms with Crippen molar-refractivity contribution >= 4 is 0 Å². The maximum atomic E-state index is 5.88. The minimum absolute atomic E-state index is 0.271. The third kappa shape index (κ3) is 4.77. The molecule has 1 aliphatic rings. The van der Waals surface area contributed by atoms with E-state index in [-0.39, 0.29) is 6.79 Å². The Hall–Kier alpha value is -1.50. The Labute approximate surface area is 125 Å². The van der Waals surface area contributed by atoms with E-state index in [0.29, 0.717) is 19.8 Å². The molecule has 0 atom stereocenters. The molecule has 1 N–H and O–H groups in total. The lowest BCUT2D eigenvalue weighted by molar-refractivity contribution is 0.173. The molecule has 1 aromatic rings. The lowest BCUT2D eigenvalue weighted by atomic mass is 10.1. The summed E-state index contributed by atoms with van der Waals surface area (Å²) < 4.78 is 21.8. The molecular weight excluding hydrogens is 272 g/mol. The van der Waals surface area contributed by atoms with Crippen LogP contribution in [0.1, 0.15) is 5.56 Å². The van der Waals surface area contributed by atoms with Crippen LogP contribution in [-0.4, -0.2) is 59.2 Å². The summed E-state index contributed by atoms with van der Waals surface area (Å²) in [5.74, 6) is 2.36. The minimum Gasteiger partial charge on any atom is -0.492 e. The van der Waals surface area contributed by atoms with Gasteiger partial charge >= 0.3 is 0 Å². The number of methoxy groups -OCH3 is 1. The van der Waals surface area contributed by atoms with Crippen LogP contribution < -0.4 is 19.5 Å². The largest absolute Gasteiger partial charge is 0.492 e. The van der Waals surface area contributed by atoms with Crippen molar-refractivity contribution in [3.63, 3.8) is 0 Å². The van der Waals surface area contributed by atoms with E-state index in [1.165, 1.54) is 0 Å². The first kappa shape index (κ1) is 15.9. The number of fused-ring (bicyclic) bond motifs is 1.